The average molecular weight is 361 g/mol. The topological polar surface area (TPSA) is 86.5 Å². The summed E-state index contributed by atoms with van der Waals surface area (Å²) in [6.07, 6.45) is 6.45. The van der Waals surface area contributed by atoms with Crippen LogP contribution in [0, 0.1) is 12.3 Å². The number of benzene rings is 1. The number of aromatic nitrogens is 1. The van der Waals surface area contributed by atoms with Crippen molar-refractivity contribution >= 4 is 15.8 Å². The molecule has 0 saturated carbocycles. The molecule has 0 aliphatic rings. The highest BCUT2D eigenvalue weighted by atomic mass is 32.2. The molecule has 1 heterocycles. The molecule has 0 aliphatic carbocycles. The fourth-order valence-electron chi connectivity index (χ4n) is 2.18. The lowest BCUT2D eigenvalue weighted by molar-refractivity contribution is -0.147. The van der Waals surface area contributed by atoms with Gasteiger partial charge in [0, 0.05) is 12.3 Å². The van der Waals surface area contributed by atoms with Crippen molar-refractivity contribution in [2.24, 2.45) is 0 Å². The molecule has 1 aromatic heterocycles. The smallest absolute Gasteiger partial charge is 0.327 e. The molecule has 0 saturated heterocycles. The Balaban J connectivity index is 2.10. The van der Waals surface area contributed by atoms with Crippen molar-refractivity contribution in [3.63, 3.8) is 0 Å². The van der Waals surface area contributed by atoms with Crippen LogP contribution in [-0.4, -0.2) is 30.5 Å². The highest BCUT2D eigenvalue weighted by Gasteiger charge is 2.44. The molecule has 2 aromatic rings. The Morgan fingerprint density at radius 3 is 2.60 bits per heavy atom. The molecule has 25 heavy (non-hydrogen) atoms. The third kappa shape index (κ3) is 4.48. The summed E-state index contributed by atoms with van der Waals surface area (Å²) >= 11 is 0. The minimum Gasteiger partial charge on any atom is -0.460 e. The number of ether oxygens (including phenoxy) is 1. The van der Waals surface area contributed by atoms with Gasteiger partial charge in [-0.25, -0.2) is 8.42 Å². The first-order valence-corrected chi connectivity index (χ1v) is 9.48. The fourth-order valence-corrected chi connectivity index (χ4v) is 3.01. The summed E-state index contributed by atoms with van der Waals surface area (Å²) in [7, 11) is -3.71. The first-order chi connectivity index (χ1) is 11.8. The molecule has 0 amide bonds. The highest BCUT2D eigenvalue weighted by molar-refractivity contribution is 7.92. The van der Waals surface area contributed by atoms with Crippen LogP contribution < -0.4 is 0 Å². The monoisotopic (exact) mass is 361 g/mol. The van der Waals surface area contributed by atoms with Gasteiger partial charge in [-0.3, -0.25) is 4.79 Å². The molecule has 0 aliphatic heterocycles. The summed E-state index contributed by atoms with van der Waals surface area (Å²) in [6.45, 7) is 1.37. The molecule has 132 valence electrons. The van der Waals surface area contributed by atoms with Gasteiger partial charge in [-0.1, -0.05) is 35.5 Å². The van der Waals surface area contributed by atoms with Crippen molar-refractivity contribution < 1.29 is 22.5 Å². The second kappa shape index (κ2) is 7.53. The standard InChI is InChI=1S/C18H19NO5S/c1-4-16-12-15(19-24-16)10-11-18(2,25(3,21)22)17(20)23-13-14-8-6-5-7-9-14/h1,5-9,12H,10-11,13H2,2-3H3/t18-/m1/s1. The number of sulfone groups is 1. The molecule has 0 fully saturated rings. The fraction of sp³-hybridized carbons (Fsp3) is 0.333. The average Bonchev–Trinajstić information content (AvgIpc) is 3.05. The summed E-state index contributed by atoms with van der Waals surface area (Å²) in [5.74, 6) is 1.76. The molecule has 0 spiro atoms. The number of carbonyl (C=O) groups excluding carboxylic acids is 1. The Labute approximate surface area is 147 Å². The van der Waals surface area contributed by atoms with Crippen LogP contribution in [0.3, 0.4) is 0 Å². The van der Waals surface area contributed by atoms with E-state index in [0.717, 1.165) is 11.8 Å². The van der Waals surface area contributed by atoms with E-state index < -0.39 is 20.6 Å². The lowest BCUT2D eigenvalue weighted by Crippen LogP contribution is -2.44. The summed E-state index contributed by atoms with van der Waals surface area (Å²) in [5.41, 5.74) is 1.26. The number of hydrogen-bond acceptors (Lipinski definition) is 6. The van der Waals surface area contributed by atoms with E-state index in [2.05, 4.69) is 11.1 Å². The zero-order chi connectivity index (χ0) is 18.5. The van der Waals surface area contributed by atoms with Crippen LogP contribution in [0.15, 0.2) is 40.9 Å². The van der Waals surface area contributed by atoms with Gasteiger partial charge < -0.3 is 9.26 Å². The third-order valence-corrected chi connectivity index (χ3v) is 6.03. The normalized spacial score (nSPS) is 13.6. The lowest BCUT2D eigenvalue weighted by Gasteiger charge is -2.25. The molecule has 0 bridgehead atoms. The minimum absolute atomic E-state index is 0.00991. The van der Waals surface area contributed by atoms with Gasteiger partial charge in [0.25, 0.3) is 0 Å². The van der Waals surface area contributed by atoms with Gasteiger partial charge in [-0.05, 0) is 31.2 Å². The van der Waals surface area contributed by atoms with E-state index in [4.69, 9.17) is 15.7 Å². The molecule has 1 atom stereocenters. The minimum atomic E-state index is -3.71. The number of carbonyl (C=O) groups is 1. The van der Waals surface area contributed by atoms with Crippen LogP contribution in [0.25, 0.3) is 0 Å². The Bertz CT molecular complexity index is 880. The van der Waals surface area contributed by atoms with E-state index in [-0.39, 0.29) is 25.2 Å². The Kier molecular flexibility index (Phi) is 5.65. The van der Waals surface area contributed by atoms with Crippen molar-refractivity contribution in [3.8, 4) is 12.3 Å². The molecular weight excluding hydrogens is 342 g/mol. The first kappa shape index (κ1) is 18.7. The number of terminal acetylenes is 1. The Morgan fingerprint density at radius 2 is 2.04 bits per heavy atom. The largest absolute Gasteiger partial charge is 0.460 e. The van der Waals surface area contributed by atoms with Crippen molar-refractivity contribution in [1.29, 1.82) is 0 Å². The Morgan fingerprint density at radius 1 is 1.36 bits per heavy atom. The predicted octanol–water partition coefficient (Wildman–Crippen LogP) is 2.14. The molecule has 2 rings (SSSR count). The maximum atomic E-state index is 12.5. The van der Waals surface area contributed by atoms with E-state index in [9.17, 15) is 13.2 Å². The molecule has 0 radical (unpaired) electrons. The van der Waals surface area contributed by atoms with Gasteiger partial charge in [-0.15, -0.1) is 6.42 Å². The van der Waals surface area contributed by atoms with Gasteiger partial charge in [0.15, 0.2) is 14.6 Å². The van der Waals surface area contributed by atoms with Crippen molar-refractivity contribution in [3.05, 3.63) is 53.4 Å². The molecular formula is C18H19NO5S. The molecule has 0 N–H and O–H groups in total. The molecule has 6 nitrogen and oxygen atoms in total. The van der Waals surface area contributed by atoms with E-state index in [1.54, 1.807) is 12.1 Å². The van der Waals surface area contributed by atoms with Crippen LogP contribution in [0.5, 0.6) is 0 Å². The second-order valence-corrected chi connectivity index (χ2v) is 8.34. The predicted molar refractivity (Wildman–Crippen MR) is 92.2 cm³/mol. The highest BCUT2D eigenvalue weighted by Crippen LogP contribution is 2.25. The Hall–Kier alpha value is -2.59. The van der Waals surface area contributed by atoms with E-state index in [1.807, 2.05) is 18.2 Å². The summed E-state index contributed by atoms with van der Waals surface area (Å²) in [5, 5.41) is 3.76. The number of aryl methyl sites for hydroxylation is 1. The van der Waals surface area contributed by atoms with Crippen LogP contribution in [0.1, 0.15) is 30.4 Å². The number of hydrogen-bond donors (Lipinski definition) is 0. The number of nitrogens with zero attached hydrogens (tertiary/aromatic N) is 1. The number of esters is 1. The van der Waals surface area contributed by atoms with Crippen molar-refractivity contribution in [1.82, 2.24) is 5.16 Å². The lowest BCUT2D eigenvalue weighted by atomic mass is 10.0. The zero-order valence-electron chi connectivity index (χ0n) is 14.1. The van der Waals surface area contributed by atoms with Crippen LogP contribution >= 0.6 is 0 Å². The SMILES string of the molecule is C#Cc1cc(CC[C@](C)(C(=O)OCc2ccccc2)S(C)(=O)=O)no1. The molecule has 0 unspecified atom stereocenters. The van der Waals surface area contributed by atoms with Gasteiger partial charge in [0.05, 0.1) is 5.69 Å². The van der Waals surface area contributed by atoms with Gasteiger partial charge in [-0.2, -0.15) is 0 Å². The van der Waals surface area contributed by atoms with Crippen molar-refractivity contribution in [2.75, 3.05) is 6.26 Å². The molecule has 7 heteroatoms. The van der Waals surface area contributed by atoms with Crippen LogP contribution in [0.4, 0.5) is 0 Å². The van der Waals surface area contributed by atoms with Crippen LogP contribution in [-0.2, 0) is 32.4 Å². The zero-order valence-corrected chi connectivity index (χ0v) is 14.9. The quantitative estimate of drug-likeness (QED) is 0.555. The van der Waals surface area contributed by atoms with Crippen LogP contribution in [0.2, 0.25) is 0 Å². The first-order valence-electron chi connectivity index (χ1n) is 7.59. The maximum absolute atomic E-state index is 12.5. The van der Waals surface area contributed by atoms with Gasteiger partial charge in [0.2, 0.25) is 5.76 Å². The second-order valence-electron chi connectivity index (χ2n) is 5.89. The van der Waals surface area contributed by atoms with E-state index in [0.29, 0.717) is 5.69 Å². The molecule has 1 aromatic carbocycles. The third-order valence-electron chi connectivity index (χ3n) is 4.02. The van der Waals surface area contributed by atoms with Crippen molar-refractivity contribution in [2.45, 2.75) is 31.1 Å². The maximum Gasteiger partial charge on any atom is 0.327 e. The summed E-state index contributed by atoms with van der Waals surface area (Å²) < 4.78 is 32.9. The van der Waals surface area contributed by atoms with Gasteiger partial charge >= 0.3 is 5.97 Å². The van der Waals surface area contributed by atoms with Gasteiger partial charge in [0.1, 0.15) is 6.61 Å². The number of rotatable bonds is 7. The summed E-state index contributed by atoms with van der Waals surface area (Å²) in [6, 6.07) is 10.6. The summed E-state index contributed by atoms with van der Waals surface area (Å²) in [4.78, 5) is 12.5. The van der Waals surface area contributed by atoms with E-state index in [1.165, 1.54) is 13.0 Å². The van der Waals surface area contributed by atoms with E-state index >= 15 is 0 Å².